The summed E-state index contributed by atoms with van der Waals surface area (Å²) >= 11 is 0. The van der Waals surface area contributed by atoms with Gasteiger partial charge >= 0.3 is 0 Å². The minimum Gasteiger partial charge on any atom is -0.385 e. The lowest BCUT2D eigenvalue weighted by Crippen LogP contribution is -2.45. The van der Waals surface area contributed by atoms with Crippen molar-refractivity contribution >= 4 is 10.0 Å². The van der Waals surface area contributed by atoms with E-state index in [1.807, 2.05) is 6.07 Å². The van der Waals surface area contributed by atoms with Crippen molar-refractivity contribution in [2.75, 3.05) is 13.2 Å². The average molecular weight is 508 g/mol. The number of ether oxygens (including phenoxy) is 2. The quantitative estimate of drug-likeness (QED) is 0.659. The molecule has 0 radical (unpaired) electrons. The SMILES string of the molecule is C[C@H]1CC[C@H](c2ccccc2)S(=O)(=O)N1Cc1cc(F)c(C2(O)CCC3(CC2)OCCO3)cc1F. The van der Waals surface area contributed by atoms with Crippen LogP contribution in [0.15, 0.2) is 42.5 Å². The summed E-state index contributed by atoms with van der Waals surface area (Å²) in [6.45, 7) is 2.49. The molecule has 0 amide bonds. The molecular weight excluding hydrogens is 476 g/mol. The second kappa shape index (κ2) is 9.19. The molecule has 6 nitrogen and oxygen atoms in total. The molecule has 2 aromatic rings. The molecule has 0 aromatic heterocycles. The van der Waals surface area contributed by atoms with Crippen LogP contribution in [0.5, 0.6) is 0 Å². The Hall–Kier alpha value is -1.91. The van der Waals surface area contributed by atoms with E-state index in [2.05, 4.69) is 0 Å². The number of sulfonamides is 1. The third kappa shape index (κ3) is 4.53. The Bertz CT molecular complexity index is 1170. The Balaban J connectivity index is 1.38. The van der Waals surface area contributed by atoms with E-state index >= 15 is 8.78 Å². The number of nitrogens with zero attached hydrogens (tertiary/aromatic N) is 1. The molecule has 3 aliphatic rings. The maximum Gasteiger partial charge on any atom is 0.221 e. The van der Waals surface area contributed by atoms with Gasteiger partial charge in [-0.2, -0.15) is 4.31 Å². The van der Waals surface area contributed by atoms with Gasteiger partial charge in [0, 0.05) is 36.6 Å². The van der Waals surface area contributed by atoms with Crippen molar-refractivity contribution in [2.24, 2.45) is 0 Å². The van der Waals surface area contributed by atoms with Crippen LogP contribution >= 0.6 is 0 Å². The standard InChI is InChI=1S/C26H31F2NO5S/c1-18-7-8-24(19-5-3-2-4-6-19)35(31,32)29(18)17-20-15-23(28)21(16-22(20)27)25(30)9-11-26(12-10-25)33-13-14-34-26/h2-6,15-16,18,24,30H,7-14,17H2,1H3/t18-,24+/m0/s1. The minimum atomic E-state index is -3.78. The van der Waals surface area contributed by atoms with Crippen molar-refractivity contribution in [3.63, 3.8) is 0 Å². The molecule has 1 aliphatic carbocycles. The fourth-order valence-electron chi connectivity index (χ4n) is 5.69. The van der Waals surface area contributed by atoms with Gasteiger partial charge in [-0.15, -0.1) is 0 Å². The van der Waals surface area contributed by atoms with Crippen LogP contribution in [0.3, 0.4) is 0 Å². The number of rotatable bonds is 4. The van der Waals surface area contributed by atoms with E-state index in [1.165, 1.54) is 4.31 Å². The predicted molar refractivity (Wildman–Crippen MR) is 126 cm³/mol. The average Bonchev–Trinajstić information content (AvgIpc) is 3.29. The highest BCUT2D eigenvalue weighted by atomic mass is 32.2. The van der Waals surface area contributed by atoms with E-state index in [1.54, 1.807) is 31.2 Å². The molecule has 1 spiro atoms. The summed E-state index contributed by atoms with van der Waals surface area (Å²) in [5.41, 5.74) is -0.997. The molecular formula is C26H31F2NO5S. The molecule has 9 heteroatoms. The molecule has 5 rings (SSSR count). The van der Waals surface area contributed by atoms with Gasteiger partial charge in [-0.3, -0.25) is 0 Å². The molecule has 3 fully saturated rings. The van der Waals surface area contributed by atoms with Gasteiger partial charge in [-0.1, -0.05) is 30.3 Å². The third-order valence-electron chi connectivity index (χ3n) is 7.81. The molecule has 2 saturated heterocycles. The largest absolute Gasteiger partial charge is 0.385 e. The molecule has 2 aromatic carbocycles. The zero-order valence-electron chi connectivity index (χ0n) is 19.8. The van der Waals surface area contributed by atoms with Gasteiger partial charge in [0.2, 0.25) is 10.0 Å². The second-order valence-corrected chi connectivity index (χ2v) is 12.0. The van der Waals surface area contributed by atoms with Crippen LogP contribution in [0.4, 0.5) is 8.78 Å². The van der Waals surface area contributed by atoms with Crippen molar-refractivity contribution in [3.05, 3.63) is 70.8 Å². The summed E-state index contributed by atoms with van der Waals surface area (Å²) in [4.78, 5) is 0. The first-order chi connectivity index (χ1) is 16.6. The van der Waals surface area contributed by atoms with E-state index in [4.69, 9.17) is 9.47 Å². The van der Waals surface area contributed by atoms with Crippen molar-refractivity contribution in [3.8, 4) is 0 Å². The first-order valence-electron chi connectivity index (χ1n) is 12.2. The first kappa shape index (κ1) is 24.8. The molecule has 2 aliphatic heterocycles. The molecule has 1 N–H and O–H groups in total. The van der Waals surface area contributed by atoms with Gasteiger partial charge in [0.25, 0.3) is 0 Å². The molecule has 1 saturated carbocycles. The van der Waals surface area contributed by atoms with E-state index in [0.29, 0.717) is 44.5 Å². The highest BCUT2D eigenvalue weighted by Gasteiger charge is 2.47. The van der Waals surface area contributed by atoms with Gasteiger partial charge in [0.05, 0.1) is 18.8 Å². The lowest BCUT2D eigenvalue weighted by atomic mass is 9.76. The maximum atomic E-state index is 15.3. The normalized spacial score (nSPS) is 27.8. The van der Waals surface area contributed by atoms with E-state index in [9.17, 15) is 13.5 Å². The molecule has 2 heterocycles. The number of hydrogen-bond acceptors (Lipinski definition) is 5. The lowest BCUT2D eigenvalue weighted by molar-refractivity contribution is -0.204. The van der Waals surface area contributed by atoms with Crippen LogP contribution in [0.1, 0.15) is 67.4 Å². The highest BCUT2D eigenvalue weighted by molar-refractivity contribution is 7.89. The van der Waals surface area contributed by atoms with E-state index in [-0.39, 0.29) is 36.6 Å². The summed E-state index contributed by atoms with van der Waals surface area (Å²) < 4.78 is 70.1. The molecule has 190 valence electrons. The summed E-state index contributed by atoms with van der Waals surface area (Å²) in [6.07, 6.45) is 2.22. The first-order valence-corrected chi connectivity index (χ1v) is 13.7. The molecule has 0 bridgehead atoms. The number of halogens is 2. The fraction of sp³-hybridized carbons (Fsp3) is 0.538. The maximum absolute atomic E-state index is 15.3. The Morgan fingerprint density at radius 1 is 1.00 bits per heavy atom. The van der Waals surface area contributed by atoms with Crippen LogP contribution in [-0.2, 0) is 31.6 Å². The second-order valence-electron chi connectivity index (χ2n) is 9.98. The minimum absolute atomic E-state index is 0.0475. The zero-order valence-corrected chi connectivity index (χ0v) is 20.6. The van der Waals surface area contributed by atoms with Crippen molar-refractivity contribution in [1.29, 1.82) is 0 Å². The Labute approximate surface area is 204 Å². The van der Waals surface area contributed by atoms with Crippen LogP contribution < -0.4 is 0 Å². The van der Waals surface area contributed by atoms with Gasteiger partial charge in [0.1, 0.15) is 16.9 Å². The summed E-state index contributed by atoms with van der Waals surface area (Å²) in [7, 11) is -3.78. The predicted octanol–water partition coefficient (Wildman–Crippen LogP) is 4.52. The summed E-state index contributed by atoms with van der Waals surface area (Å²) in [5, 5.41) is 10.4. The lowest BCUT2D eigenvalue weighted by Gasteiger charge is -2.41. The van der Waals surface area contributed by atoms with Crippen molar-refractivity contribution in [1.82, 2.24) is 4.31 Å². The van der Waals surface area contributed by atoms with Crippen LogP contribution in [-0.4, -0.2) is 42.9 Å². The zero-order chi connectivity index (χ0) is 24.8. The van der Waals surface area contributed by atoms with Gasteiger partial charge in [-0.25, -0.2) is 17.2 Å². The van der Waals surface area contributed by atoms with E-state index < -0.39 is 38.3 Å². The summed E-state index contributed by atoms with van der Waals surface area (Å²) in [5.74, 6) is -2.21. The number of hydrogen-bond donors (Lipinski definition) is 1. The van der Waals surface area contributed by atoms with Crippen molar-refractivity contribution < 1.29 is 31.8 Å². The van der Waals surface area contributed by atoms with Gasteiger partial charge in [-0.05, 0) is 50.3 Å². The van der Waals surface area contributed by atoms with Crippen molar-refractivity contribution in [2.45, 2.75) is 74.7 Å². The summed E-state index contributed by atoms with van der Waals surface area (Å²) in [6, 6.07) is 10.7. The Morgan fingerprint density at radius 2 is 1.66 bits per heavy atom. The van der Waals surface area contributed by atoms with Gasteiger partial charge in [0.15, 0.2) is 5.79 Å². The Morgan fingerprint density at radius 3 is 2.31 bits per heavy atom. The third-order valence-corrected chi connectivity index (χ3v) is 10.2. The van der Waals surface area contributed by atoms with E-state index in [0.717, 1.165) is 12.1 Å². The molecule has 2 atom stereocenters. The molecule has 0 unspecified atom stereocenters. The van der Waals surface area contributed by atoms with Crippen LogP contribution in [0.2, 0.25) is 0 Å². The highest BCUT2D eigenvalue weighted by Crippen LogP contribution is 2.46. The Kier molecular flexibility index (Phi) is 6.51. The number of aliphatic hydroxyl groups is 1. The fourth-order valence-corrected chi connectivity index (χ4v) is 7.87. The molecule has 35 heavy (non-hydrogen) atoms. The number of benzene rings is 2. The topological polar surface area (TPSA) is 76.1 Å². The van der Waals surface area contributed by atoms with Gasteiger partial charge < -0.3 is 14.6 Å². The van der Waals surface area contributed by atoms with Crippen LogP contribution in [0, 0.1) is 11.6 Å². The smallest absolute Gasteiger partial charge is 0.221 e. The van der Waals surface area contributed by atoms with Crippen LogP contribution in [0.25, 0.3) is 0 Å². The monoisotopic (exact) mass is 507 g/mol.